The fourth-order valence-corrected chi connectivity index (χ4v) is 1.56. The van der Waals surface area contributed by atoms with Gasteiger partial charge in [0.1, 0.15) is 0 Å². The molecule has 0 saturated carbocycles. The summed E-state index contributed by atoms with van der Waals surface area (Å²) in [5.41, 5.74) is 1.29. The lowest BCUT2D eigenvalue weighted by atomic mass is 10.1. The van der Waals surface area contributed by atoms with Gasteiger partial charge in [0.2, 0.25) is 0 Å². The van der Waals surface area contributed by atoms with Crippen molar-refractivity contribution in [3.8, 4) is 0 Å². The van der Waals surface area contributed by atoms with Gasteiger partial charge in [0.15, 0.2) is 0 Å². The second kappa shape index (κ2) is 6.05. The zero-order valence-electron chi connectivity index (χ0n) is 8.89. The average Bonchev–Trinajstić information content (AvgIpc) is 2.17. The van der Waals surface area contributed by atoms with Gasteiger partial charge in [0.25, 0.3) is 0 Å². The lowest BCUT2D eigenvalue weighted by Gasteiger charge is -2.12. The van der Waals surface area contributed by atoms with Gasteiger partial charge in [0.05, 0.1) is 0 Å². The summed E-state index contributed by atoms with van der Waals surface area (Å²) < 4.78 is 0. The molecule has 1 rings (SSSR count). The highest BCUT2D eigenvalue weighted by molar-refractivity contribution is 6.30. The van der Waals surface area contributed by atoms with Crippen LogP contribution >= 0.6 is 11.6 Å². The Morgan fingerprint density at radius 1 is 1.29 bits per heavy atom. The SMILES string of the molecule is CCCC(C)NCc1ccc(Cl)cc1. The van der Waals surface area contributed by atoms with Gasteiger partial charge in [-0.15, -0.1) is 0 Å². The van der Waals surface area contributed by atoms with Crippen LogP contribution in [-0.2, 0) is 6.54 Å². The van der Waals surface area contributed by atoms with E-state index < -0.39 is 0 Å². The maximum absolute atomic E-state index is 5.80. The molecule has 0 fully saturated rings. The number of hydrogen-bond donors (Lipinski definition) is 1. The van der Waals surface area contributed by atoms with Crippen molar-refractivity contribution in [3.63, 3.8) is 0 Å². The fraction of sp³-hybridized carbons (Fsp3) is 0.500. The molecule has 0 bridgehead atoms. The molecule has 1 N–H and O–H groups in total. The highest BCUT2D eigenvalue weighted by Gasteiger charge is 1.99. The molecule has 0 heterocycles. The fourth-order valence-electron chi connectivity index (χ4n) is 1.43. The van der Waals surface area contributed by atoms with E-state index in [1.807, 2.05) is 12.1 Å². The van der Waals surface area contributed by atoms with E-state index in [0.717, 1.165) is 11.6 Å². The van der Waals surface area contributed by atoms with Crippen molar-refractivity contribution in [2.45, 2.75) is 39.3 Å². The molecule has 0 aliphatic carbocycles. The Morgan fingerprint density at radius 3 is 2.50 bits per heavy atom. The maximum Gasteiger partial charge on any atom is 0.0406 e. The highest BCUT2D eigenvalue weighted by Crippen LogP contribution is 2.09. The monoisotopic (exact) mass is 211 g/mol. The molecule has 0 amide bonds. The van der Waals surface area contributed by atoms with E-state index in [0.29, 0.717) is 6.04 Å². The quantitative estimate of drug-likeness (QED) is 0.785. The van der Waals surface area contributed by atoms with Crippen LogP contribution < -0.4 is 5.32 Å². The molecule has 0 aliphatic rings. The minimum absolute atomic E-state index is 0.593. The number of nitrogens with one attached hydrogen (secondary N) is 1. The first-order chi connectivity index (χ1) is 6.72. The van der Waals surface area contributed by atoms with Crippen LogP contribution in [0.2, 0.25) is 5.02 Å². The van der Waals surface area contributed by atoms with Gasteiger partial charge < -0.3 is 5.32 Å². The molecule has 2 heteroatoms. The Balaban J connectivity index is 2.34. The first kappa shape index (κ1) is 11.5. The summed E-state index contributed by atoms with van der Waals surface area (Å²) >= 11 is 5.80. The summed E-state index contributed by atoms with van der Waals surface area (Å²) in [4.78, 5) is 0. The van der Waals surface area contributed by atoms with E-state index in [2.05, 4.69) is 31.3 Å². The molecule has 1 nitrogen and oxygen atoms in total. The predicted octanol–water partition coefficient (Wildman–Crippen LogP) is 3.62. The smallest absolute Gasteiger partial charge is 0.0406 e. The van der Waals surface area contributed by atoms with Gasteiger partial charge in [0, 0.05) is 17.6 Å². The van der Waals surface area contributed by atoms with E-state index in [9.17, 15) is 0 Å². The van der Waals surface area contributed by atoms with Crippen LogP contribution in [0.3, 0.4) is 0 Å². The van der Waals surface area contributed by atoms with Gasteiger partial charge in [-0.05, 0) is 31.0 Å². The van der Waals surface area contributed by atoms with Crippen molar-refractivity contribution in [3.05, 3.63) is 34.9 Å². The van der Waals surface area contributed by atoms with Crippen LogP contribution in [0.5, 0.6) is 0 Å². The molecule has 1 atom stereocenters. The van der Waals surface area contributed by atoms with Crippen molar-refractivity contribution in [2.24, 2.45) is 0 Å². The van der Waals surface area contributed by atoms with Gasteiger partial charge in [-0.25, -0.2) is 0 Å². The Labute approximate surface area is 91.5 Å². The Morgan fingerprint density at radius 2 is 1.93 bits per heavy atom. The first-order valence-electron chi connectivity index (χ1n) is 5.20. The summed E-state index contributed by atoms with van der Waals surface area (Å²) in [6.45, 7) is 5.36. The molecular formula is C12H18ClN. The number of hydrogen-bond acceptors (Lipinski definition) is 1. The van der Waals surface area contributed by atoms with E-state index in [4.69, 9.17) is 11.6 Å². The molecule has 0 aliphatic heterocycles. The highest BCUT2D eigenvalue weighted by atomic mass is 35.5. The number of rotatable bonds is 5. The van der Waals surface area contributed by atoms with Crippen LogP contribution in [0.4, 0.5) is 0 Å². The number of halogens is 1. The molecular weight excluding hydrogens is 194 g/mol. The molecule has 0 spiro atoms. The summed E-state index contributed by atoms with van der Waals surface area (Å²) in [7, 11) is 0. The van der Waals surface area contributed by atoms with Crippen LogP contribution in [0, 0.1) is 0 Å². The zero-order chi connectivity index (χ0) is 10.4. The van der Waals surface area contributed by atoms with Crippen LogP contribution in [0.1, 0.15) is 32.3 Å². The Kier molecular flexibility index (Phi) is 4.99. The van der Waals surface area contributed by atoms with E-state index in [1.54, 1.807) is 0 Å². The van der Waals surface area contributed by atoms with E-state index >= 15 is 0 Å². The Hall–Kier alpha value is -0.530. The third kappa shape index (κ3) is 4.12. The number of benzene rings is 1. The van der Waals surface area contributed by atoms with Crippen molar-refractivity contribution in [1.29, 1.82) is 0 Å². The molecule has 1 aromatic rings. The van der Waals surface area contributed by atoms with Crippen molar-refractivity contribution >= 4 is 11.6 Å². The lowest BCUT2D eigenvalue weighted by molar-refractivity contribution is 0.508. The largest absolute Gasteiger partial charge is 0.310 e. The molecule has 0 radical (unpaired) electrons. The normalized spacial score (nSPS) is 12.8. The zero-order valence-corrected chi connectivity index (χ0v) is 9.64. The maximum atomic E-state index is 5.80. The van der Waals surface area contributed by atoms with E-state index in [-0.39, 0.29) is 0 Å². The molecule has 78 valence electrons. The third-order valence-electron chi connectivity index (χ3n) is 2.29. The van der Waals surface area contributed by atoms with Crippen LogP contribution in [0.25, 0.3) is 0 Å². The van der Waals surface area contributed by atoms with Gasteiger partial charge in [-0.1, -0.05) is 37.1 Å². The van der Waals surface area contributed by atoms with E-state index in [1.165, 1.54) is 18.4 Å². The average molecular weight is 212 g/mol. The van der Waals surface area contributed by atoms with Crippen LogP contribution in [0.15, 0.2) is 24.3 Å². The molecule has 1 unspecified atom stereocenters. The molecule has 0 saturated heterocycles. The van der Waals surface area contributed by atoms with Gasteiger partial charge in [-0.2, -0.15) is 0 Å². The minimum atomic E-state index is 0.593. The second-order valence-electron chi connectivity index (χ2n) is 3.70. The first-order valence-corrected chi connectivity index (χ1v) is 5.58. The summed E-state index contributed by atoms with van der Waals surface area (Å²) in [5, 5.41) is 4.28. The lowest BCUT2D eigenvalue weighted by Crippen LogP contribution is -2.24. The van der Waals surface area contributed by atoms with Crippen molar-refractivity contribution in [1.82, 2.24) is 5.32 Å². The van der Waals surface area contributed by atoms with Crippen molar-refractivity contribution < 1.29 is 0 Å². The van der Waals surface area contributed by atoms with Gasteiger partial charge in [-0.3, -0.25) is 0 Å². The Bertz CT molecular complexity index is 256. The summed E-state index contributed by atoms with van der Waals surface area (Å²) in [5.74, 6) is 0. The second-order valence-corrected chi connectivity index (χ2v) is 4.13. The molecule has 1 aromatic carbocycles. The topological polar surface area (TPSA) is 12.0 Å². The summed E-state index contributed by atoms with van der Waals surface area (Å²) in [6, 6.07) is 8.59. The third-order valence-corrected chi connectivity index (χ3v) is 2.54. The molecule has 0 aromatic heterocycles. The predicted molar refractivity (Wildman–Crippen MR) is 62.7 cm³/mol. The molecule has 14 heavy (non-hydrogen) atoms. The van der Waals surface area contributed by atoms with Gasteiger partial charge >= 0.3 is 0 Å². The van der Waals surface area contributed by atoms with Crippen LogP contribution in [-0.4, -0.2) is 6.04 Å². The van der Waals surface area contributed by atoms with Crippen molar-refractivity contribution in [2.75, 3.05) is 0 Å². The summed E-state index contributed by atoms with van der Waals surface area (Å²) in [6.07, 6.45) is 2.46. The minimum Gasteiger partial charge on any atom is -0.310 e. The standard InChI is InChI=1S/C12H18ClN/c1-3-4-10(2)14-9-11-5-7-12(13)8-6-11/h5-8,10,14H,3-4,9H2,1-2H3.